The molecular weight excluding hydrogens is 256 g/mol. The van der Waals surface area contributed by atoms with Crippen molar-refractivity contribution >= 4 is 11.9 Å². The summed E-state index contributed by atoms with van der Waals surface area (Å²) in [6, 6.07) is 13.9. The average molecular weight is 270 g/mol. The van der Waals surface area contributed by atoms with E-state index >= 15 is 0 Å². The van der Waals surface area contributed by atoms with E-state index in [9.17, 15) is 9.59 Å². The topological polar surface area (TPSA) is 70.5 Å². The highest BCUT2D eigenvalue weighted by Gasteiger charge is 2.15. The summed E-state index contributed by atoms with van der Waals surface area (Å²) in [7, 11) is 1.66. The lowest BCUT2D eigenvalue weighted by atomic mass is 10.2. The maximum atomic E-state index is 12.2. The highest BCUT2D eigenvalue weighted by Crippen LogP contribution is 2.07. The molecule has 20 heavy (non-hydrogen) atoms. The molecule has 0 aliphatic carbocycles. The van der Waals surface area contributed by atoms with Crippen LogP contribution in [0, 0.1) is 0 Å². The van der Waals surface area contributed by atoms with Gasteiger partial charge in [0.1, 0.15) is 11.4 Å². The Labute approximate surface area is 116 Å². The first-order chi connectivity index (χ1) is 9.58. The molecule has 1 aromatic heterocycles. The van der Waals surface area contributed by atoms with E-state index in [4.69, 9.17) is 5.11 Å². The number of carboxylic acids is 1. The fraction of sp³-hybridized carbons (Fsp3) is 0.133. The lowest BCUT2D eigenvalue weighted by Crippen LogP contribution is -2.27. The van der Waals surface area contributed by atoms with Crippen molar-refractivity contribution in [3.05, 3.63) is 65.5 Å². The van der Waals surface area contributed by atoms with Crippen molar-refractivity contribution in [3.63, 3.8) is 0 Å². The summed E-state index contributed by atoms with van der Waals surface area (Å²) in [5.74, 6) is -1.46. The summed E-state index contributed by atoms with van der Waals surface area (Å²) in [5, 5.41) is 8.88. The number of hydrogen-bond acceptors (Lipinski definition) is 3. The SMILES string of the molecule is CN(Cc1ccccc1)C(=O)c1cccc(C(=O)O)n1. The van der Waals surface area contributed by atoms with Gasteiger partial charge in [0, 0.05) is 13.6 Å². The zero-order valence-corrected chi connectivity index (χ0v) is 11.0. The second kappa shape index (κ2) is 5.97. The van der Waals surface area contributed by atoms with E-state index in [1.54, 1.807) is 7.05 Å². The Kier molecular flexibility index (Phi) is 4.10. The molecule has 2 aromatic rings. The van der Waals surface area contributed by atoms with Crippen LogP contribution in [0.2, 0.25) is 0 Å². The first-order valence-corrected chi connectivity index (χ1v) is 6.07. The van der Waals surface area contributed by atoms with Gasteiger partial charge < -0.3 is 10.0 Å². The number of hydrogen-bond donors (Lipinski definition) is 1. The molecule has 0 aliphatic rings. The molecule has 0 bridgehead atoms. The average Bonchev–Trinajstić information content (AvgIpc) is 2.47. The number of carboxylic acid groups (broad SMARTS) is 1. The molecule has 2 rings (SSSR count). The van der Waals surface area contributed by atoms with Gasteiger partial charge in [0.15, 0.2) is 0 Å². The molecule has 102 valence electrons. The van der Waals surface area contributed by atoms with Crippen molar-refractivity contribution < 1.29 is 14.7 Å². The molecule has 0 atom stereocenters. The van der Waals surface area contributed by atoms with Crippen LogP contribution >= 0.6 is 0 Å². The number of benzene rings is 1. The molecule has 0 radical (unpaired) electrons. The normalized spacial score (nSPS) is 10.1. The third-order valence-corrected chi connectivity index (χ3v) is 2.80. The number of aromatic carboxylic acids is 1. The van der Waals surface area contributed by atoms with Crippen LogP contribution < -0.4 is 0 Å². The minimum Gasteiger partial charge on any atom is -0.477 e. The molecule has 0 saturated carbocycles. The molecule has 1 aromatic carbocycles. The number of amides is 1. The van der Waals surface area contributed by atoms with Crippen LogP contribution in [0.15, 0.2) is 48.5 Å². The van der Waals surface area contributed by atoms with Crippen LogP contribution in [-0.2, 0) is 6.54 Å². The van der Waals surface area contributed by atoms with Gasteiger partial charge in [-0.1, -0.05) is 36.4 Å². The zero-order chi connectivity index (χ0) is 14.5. The van der Waals surface area contributed by atoms with Crippen molar-refractivity contribution in [2.75, 3.05) is 7.05 Å². The molecule has 0 fully saturated rings. The highest BCUT2D eigenvalue weighted by molar-refractivity contribution is 5.94. The van der Waals surface area contributed by atoms with Crippen molar-refractivity contribution in [1.82, 2.24) is 9.88 Å². The summed E-state index contributed by atoms with van der Waals surface area (Å²) in [4.78, 5) is 28.4. The fourth-order valence-corrected chi connectivity index (χ4v) is 1.80. The molecule has 1 heterocycles. The number of carbonyl (C=O) groups is 2. The van der Waals surface area contributed by atoms with Gasteiger partial charge in [0.05, 0.1) is 0 Å². The van der Waals surface area contributed by atoms with E-state index in [1.165, 1.54) is 23.1 Å². The van der Waals surface area contributed by atoms with Gasteiger partial charge in [-0.25, -0.2) is 9.78 Å². The molecule has 1 amide bonds. The van der Waals surface area contributed by atoms with Crippen LogP contribution in [0.4, 0.5) is 0 Å². The first kappa shape index (κ1) is 13.7. The number of nitrogens with zero attached hydrogens (tertiary/aromatic N) is 2. The predicted molar refractivity (Wildman–Crippen MR) is 73.4 cm³/mol. The lowest BCUT2D eigenvalue weighted by molar-refractivity contribution is 0.0690. The molecule has 0 saturated heterocycles. The summed E-state index contributed by atoms with van der Waals surface area (Å²) in [6.07, 6.45) is 0. The third kappa shape index (κ3) is 3.20. The van der Waals surface area contributed by atoms with E-state index in [0.29, 0.717) is 6.54 Å². The van der Waals surface area contributed by atoms with Crippen LogP contribution in [-0.4, -0.2) is 33.9 Å². The number of aromatic nitrogens is 1. The predicted octanol–water partition coefficient (Wildman–Crippen LogP) is 2.05. The smallest absolute Gasteiger partial charge is 0.354 e. The minimum atomic E-state index is -1.15. The number of carbonyl (C=O) groups excluding carboxylic acids is 1. The van der Waals surface area contributed by atoms with Gasteiger partial charge in [0.25, 0.3) is 5.91 Å². The Morgan fingerprint density at radius 2 is 1.70 bits per heavy atom. The maximum Gasteiger partial charge on any atom is 0.354 e. The molecule has 1 N–H and O–H groups in total. The van der Waals surface area contributed by atoms with E-state index in [-0.39, 0.29) is 17.3 Å². The molecule has 0 unspecified atom stereocenters. The Morgan fingerprint density at radius 3 is 2.35 bits per heavy atom. The van der Waals surface area contributed by atoms with E-state index < -0.39 is 5.97 Å². The molecule has 0 aliphatic heterocycles. The van der Waals surface area contributed by atoms with Gasteiger partial charge in [-0.2, -0.15) is 0 Å². The summed E-state index contributed by atoms with van der Waals surface area (Å²) in [6.45, 7) is 0.443. The van der Waals surface area contributed by atoms with Crippen LogP contribution in [0.5, 0.6) is 0 Å². The second-order valence-electron chi connectivity index (χ2n) is 4.36. The highest BCUT2D eigenvalue weighted by atomic mass is 16.4. The molecule has 0 spiro atoms. The van der Waals surface area contributed by atoms with Gasteiger partial charge in [-0.15, -0.1) is 0 Å². The summed E-state index contributed by atoms with van der Waals surface area (Å²) in [5.41, 5.74) is 0.991. The van der Waals surface area contributed by atoms with Crippen LogP contribution in [0.3, 0.4) is 0 Å². The zero-order valence-electron chi connectivity index (χ0n) is 11.0. The monoisotopic (exact) mass is 270 g/mol. The number of pyridine rings is 1. The van der Waals surface area contributed by atoms with Crippen molar-refractivity contribution in [3.8, 4) is 0 Å². The maximum absolute atomic E-state index is 12.2. The van der Waals surface area contributed by atoms with Crippen LogP contribution in [0.25, 0.3) is 0 Å². The Bertz CT molecular complexity index is 626. The Balaban J connectivity index is 2.14. The van der Waals surface area contributed by atoms with Gasteiger partial charge in [-0.05, 0) is 17.7 Å². The van der Waals surface area contributed by atoms with Gasteiger partial charge in [-0.3, -0.25) is 4.79 Å². The Hall–Kier alpha value is -2.69. The Morgan fingerprint density at radius 1 is 1.05 bits per heavy atom. The standard InChI is InChI=1S/C15H14N2O3/c1-17(10-11-6-3-2-4-7-11)14(18)12-8-5-9-13(16-12)15(19)20/h2-9H,10H2,1H3,(H,19,20). The first-order valence-electron chi connectivity index (χ1n) is 6.07. The van der Waals surface area contributed by atoms with E-state index in [2.05, 4.69) is 4.98 Å². The quantitative estimate of drug-likeness (QED) is 0.923. The molecule has 5 heteroatoms. The fourth-order valence-electron chi connectivity index (χ4n) is 1.80. The van der Waals surface area contributed by atoms with Crippen molar-refractivity contribution in [2.45, 2.75) is 6.54 Å². The third-order valence-electron chi connectivity index (χ3n) is 2.80. The second-order valence-corrected chi connectivity index (χ2v) is 4.36. The summed E-state index contributed by atoms with van der Waals surface area (Å²) < 4.78 is 0. The minimum absolute atomic E-state index is 0.128. The lowest BCUT2D eigenvalue weighted by Gasteiger charge is -2.16. The van der Waals surface area contributed by atoms with Gasteiger partial charge in [0.2, 0.25) is 0 Å². The molecule has 5 nitrogen and oxygen atoms in total. The number of rotatable bonds is 4. The van der Waals surface area contributed by atoms with Crippen molar-refractivity contribution in [1.29, 1.82) is 0 Å². The van der Waals surface area contributed by atoms with Gasteiger partial charge >= 0.3 is 5.97 Å². The van der Waals surface area contributed by atoms with E-state index in [0.717, 1.165) is 5.56 Å². The van der Waals surface area contributed by atoms with Crippen molar-refractivity contribution in [2.24, 2.45) is 0 Å². The largest absolute Gasteiger partial charge is 0.477 e. The van der Waals surface area contributed by atoms with Crippen LogP contribution in [0.1, 0.15) is 26.5 Å². The summed E-state index contributed by atoms with van der Waals surface area (Å²) >= 11 is 0. The van der Waals surface area contributed by atoms with E-state index in [1.807, 2.05) is 30.3 Å². The molecular formula is C15H14N2O3.